The third kappa shape index (κ3) is 5.25. The van der Waals surface area contributed by atoms with E-state index in [1.165, 1.54) is 4.90 Å². The lowest BCUT2D eigenvalue weighted by molar-refractivity contribution is -0.141. The van der Waals surface area contributed by atoms with Crippen molar-refractivity contribution in [2.45, 2.75) is 52.0 Å². The van der Waals surface area contributed by atoms with E-state index in [9.17, 15) is 14.7 Å². The predicted molar refractivity (Wildman–Crippen MR) is 78.6 cm³/mol. The summed E-state index contributed by atoms with van der Waals surface area (Å²) in [5, 5.41) is 20.8. The Hall–Kier alpha value is -1.77. The summed E-state index contributed by atoms with van der Waals surface area (Å²) in [6.45, 7) is 4.33. The van der Waals surface area contributed by atoms with E-state index in [1.54, 1.807) is 6.92 Å². The minimum atomic E-state index is -0.973. The molecule has 1 rings (SSSR count). The molecule has 0 aromatic heterocycles. The Labute approximate surface area is 126 Å². The van der Waals surface area contributed by atoms with Crippen LogP contribution in [-0.4, -0.2) is 41.1 Å². The van der Waals surface area contributed by atoms with Crippen LogP contribution in [0.1, 0.15) is 46.0 Å². The molecule has 0 aromatic carbocycles. The third-order valence-corrected chi connectivity index (χ3v) is 4.05. The number of rotatable bonds is 6. The number of nitrogens with one attached hydrogen (secondary N) is 1. The number of nitriles is 1. The molecular weight excluding hydrogens is 270 g/mol. The Morgan fingerprint density at radius 3 is 2.48 bits per heavy atom. The van der Waals surface area contributed by atoms with Crippen LogP contribution >= 0.6 is 0 Å². The average Bonchev–Trinajstić information content (AvgIpc) is 2.50. The van der Waals surface area contributed by atoms with Gasteiger partial charge in [0.1, 0.15) is 6.04 Å². The molecule has 118 valence electrons. The summed E-state index contributed by atoms with van der Waals surface area (Å²) in [6.07, 6.45) is 4.87. The second-order valence-corrected chi connectivity index (χ2v) is 5.73. The Morgan fingerprint density at radius 2 is 2.00 bits per heavy atom. The van der Waals surface area contributed by atoms with Crippen molar-refractivity contribution in [1.82, 2.24) is 10.2 Å². The number of aliphatic carboxylic acids is 1. The van der Waals surface area contributed by atoms with Crippen molar-refractivity contribution in [1.29, 1.82) is 5.26 Å². The van der Waals surface area contributed by atoms with Crippen molar-refractivity contribution in [2.75, 3.05) is 13.1 Å². The lowest BCUT2D eigenvalue weighted by Gasteiger charge is -2.30. The molecule has 1 saturated carbocycles. The highest BCUT2D eigenvalue weighted by molar-refractivity contribution is 5.82. The Bertz CT molecular complexity index is 399. The molecule has 1 aliphatic carbocycles. The van der Waals surface area contributed by atoms with Crippen LogP contribution < -0.4 is 5.32 Å². The molecule has 0 bridgehead atoms. The number of amides is 2. The molecule has 21 heavy (non-hydrogen) atoms. The minimum absolute atomic E-state index is 0.00676. The van der Waals surface area contributed by atoms with E-state index in [4.69, 9.17) is 5.26 Å². The zero-order chi connectivity index (χ0) is 15.8. The molecule has 2 unspecified atom stereocenters. The van der Waals surface area contributed by atoms with E-state index in [2.05, 4.69) is 11.4 Å². The van der Waals surface area contributed by atoms with Crippen molar-refractivity contribution in [3.8, 4) is 6.07 Å². The maximum atomic E-state index is 12.2. The molecule has 6 heteroatoms. The molecule has 2 atom stereocenters. The average molecular weight is 295 g/mol. The van der Waals surface area contributed by atoms with Crippen LogP contribution in [-0.2, 0) is 4.79 Å². The van der Waals surface area contributed by atoms with E-state index >= 15 is 0 Å². The lowest BCUT2D eigenvalue weighted by atomic mass is 9.84. The molecule has 0 saturated heterocycles. The Morgan fingerprint density at radius 1 is 1.38 bits per heavy atom. The van der Waals surface area contributed by atoms with Gasteiger partial charge in [-0.2, -0.15) is 5.26 Å². The fraction of sp³-hybridized carbons (Fsp3) is 0.800. The van der Waals surface area contributed by atoms with Crippen LogP contribution in [0.15, 0.2) is 0 Å². The summed E-state index contributed by atoms with van der Waals surface area (Å²) in [7, 11) is 0. The lowest BCUT2D eigenvalue weighted by Crippen LogP contribution is -2.52. The highest BCUT2D eigenvalue weighted by Crippen LogP contribution is 2.26. The molecule has 1 fully saturated rings. The van der Waals surface area contributed by atoms with Crippen LogP contribution in [0.25, 0.3) is 0 Å². The summed E-state index contributed by atoms with van der Waals surface area (Å²) in [5.74, 6) is -1.24. The van der Waals surface area contributed by atoms with Gasteiger partial charge in [0.25, 0.3) is 0 Å². The molecule has 0 radical (unpaired) electrons. The number of urea groups is 1. The highest BCUT2D eigenvalue weighted by atomic mass is 16.4. The standard InChI is InChI=1S/C15H25N3O3/c1-3-18(10-11(2)9-16)15(21)17-13(14(19)20)12-7-5-4-6-8-12/h11-13H,3-8,10H2,1-2H3,(H,17,21)(H,19,20). The van der Waals surface area contributed by atoms with Crippen molar-refractivity contribution >= 4 is 12.0 Å². The molecule has 0 heterocycles. The molecular formula is C15H25N3O3. The first-order chi connectivity index (χ1) is 9.99. The van der Waals surface area contributed by atoms with Gasteiger partial charge in [0, 0.05) is 13.1 Å². The number of carboxylic acid groups (broad SMARTS) is 1. The van der Waals surface area contributed by atoms with E-state index in [0.717, 1.165) is 32.1 Å². The van der Waals surface area contributed by atoms with Gasteiger partial charge in [0.05, 0.1) is 12.0 Å². The van der Waals surface area contributed by atoms with Crippen molar-refractivity contribution in [3.05, 3.63) is 0 Å². The number of carbonyl (C=O) groups excluding carboxylic acids is 1. The van der Waals surface area contributed by atoms with E-state index in [1.807, 2.05) is 6.92 Å². The van der Waals surface area contributed by atoms with Gasteiger partial charge in [-0.25, -0.2) is 9.59 Å². The molecule has 0 spiro atoms. The highest BCUT2D eigenvalue weighted by Gasteiger charge is 2.31. The van der Waals surface area contributed by atoms with E-state index in [0.29, 0.717) is 13.1 Å². The zero-order valence-corrected chi connectivity index (χ0v) is 12.8. The van der Waals surface area contributed by atoms with Crippen LogP contribution in [0, 0.1) is 23.2 Å². The smallest absolute Gasteiger partial charge is 0.326 e. The second kappa shape index (κ2) is 8.50. The minimum Gasteiger partial charge on any atom is -0.480 e. The Kier molecular flexibility index (Phi) is 7.00. The maximum absolute atomic E-state index is 12.2. The Balaban J connectivity index is 2.66. The molecule has 0 aromatic rings. The van der Waals surface area contributed by atoms with Gasteiger partial charge in [-0.05, 0) is 32.6 Å². The molecule has 2 N–H and O–H groups in total. The number of carbonyl (C=O) groups is 2. The molecule has 2 amide bonds. The normalized spacial score (nSPS) is 18.3. The fourth-order valence-corrected chi connectivity index (χ4v) is 2.80. The third-order valence-electron chi connectivity index (χ3n) is 4.05. The van der Waals surface area contributed by atoms with Crippen LogP contribution in [0.5, 0.6) is 0 Å². The summed E-state index contributed by atoms with van der Waals surface area (Å²) >= 11 is 0. The second-order valence-electron chi connectivity index (χ2n) is 5.73. The fourth-order valence-electron chi connectivity index (χ4n) is 2.80. The summed E-state index contributed by atoms with van der Waals surface area (Å²) in [6, 6.07) is 0.866. The largest absolute Gasteiger partial charge is 0.480 e. The van der Waals surface area contributed by atoms with Gasteiger partial charge in [0.15, 0.2) is 0 Å². The van der Waals surface area contributed by atoms with Gasteiger partial charge >= 0.3 is 12.0 Å². The van der Waals surface area contributed by atoms with E-state index < -0.39 is 18.0 Å². The van der Waals surface area contributed by atoms with Gasteiger partial charge in [0.2, 0.25) is 0 Å². The monoisotopic (exact) mass is 295 g/mol. The zero-order valence-electron chi connectivity index (χ0n) is 12.8. The SMILES string of the molecule is CCN(CC(C)C#N)C(=O)NC(C(=O)O)C1CCCCC1. The topological polar surface area (TPSA) is 93.4 Å². The predicted octanol–water partition coefficient (Wildman–Crippen LogP) is 2.21. The molecule has 6 nitrogen and oxygen atoms in total. The van der Waals surface area contributed by atoms with E-state index in [-0.39, 0.29) is 11.8 Å². The first-order valence-corrected chi connectivity index (χ1v) is 7.67. The first kappa shape index (κ1) is 17.3. The van der Waals surface area contributed by atoms with Crippen LogP contribution in [0.2, 0.25) is 0 Å². The number of carboxylic acids is 1. The van der Waals surface area contributed by atoms with Crippen molar-refractivity contribution in [2.24, 2.45) is 11.8 Å². The van der Waals surface area contributed by atoms with Crippen molar-refractivity contribution in [3.63, 3.8) is 0 Å². The number of hydrogen-bond donors (Lipinski definition) is 2. The quantitative estimate of drug-likeness (QED) is 0.785. The summed E-state index contributed by atoms with van der Waals surface area (Å²) in [4.78, 5) is 25.2. The summed E-state index contributed by atoms with van der Waals surface area (Å²) in [5.41, 5.74) is 0. The first-order valence-electron chi connectivity index (χ1n) is 7.67. The molecule has 1 aliphatic rings. The number of hydrogen-bond acceptors (Lipinski definition) is 3. The van der Waals surface area contributed by atoms with Crippen LogP contribution in [0.4, 0.5) is 4.79 Å². The van der Waals surface area contributed by atoms with Crippen LogP contribution in [0.3, 0.4) is 0 Å². The van der Waals surface area contributed by atoms with Gasteiger partial charge < -0.3 is 15.3 Å². The van der Waals surface area contributed by atoms with Gasteiger partial charge in [-0.1, -0.05) is 19.3 Å². The van der Waals surface area contributed by atoms with Gasteiger partial charge in [-0.15, -0.1) is 0 Å². The number of nitrogens with zero attached hydrogens (tertiary/aromatic N) is 2. The summed E-state index contributed by atoms with van der Waals surface area (Å²) < 4.78 is 0. The molecule has 0 aliphatic heterocycles. The van der Waals surface area contributed by atoms with Gasteiger partial charge in [-0.3, -0.25) is 0 Å². The van der Waals surface area contributed by atoms with Crippen molar-refractivity contribution < 1.29 is 14.7 Å². The maximum Gasteiger partial charge on any atom is 0.326 e.